The van der Waals surface area contributed by atoms with E-state index in [-0.39, 0.29) is 22.8 Å². The Morgan fingerprint density at radius 2 is 1.73 bits per heavy atom. The van der Waals surface area contributed by atoms with Crippen LogP contribution in [0.4, 0.5) is 10.5 Å². The molecular formula is C21H31N5O3S. The van der Waals surface area contributed by atoms with Gasteiger partial charge in [0.15, 0.2) is 16.0 Å². The first-order valence-electron chi connectivity index (χ1n) is 9.98. The van der Waals surface area contributed by atoms with Crippen molar-refractivity contribution in [3.8, 4) is 0 Å². The number of benzene rings is 1. The molecule has 2 N–H and O–H groups in total. The van der Waals surface area contributed by atoms with Crippen LogP contribution in [-0.2, 0) is 18.0 Å². The fourth-order valence-corrected chi connectivity index (χ4v) is 3.78. The molecule has 1 aromatic carbocycles. The third kappa shape index (κ3) is 5.27. The Hall–Kier alpha value is -2.68. The minimum absolute atomic E-state index is 0.113. The van der Waals surface area contributed by atoms with Gasteiger partial charge in [0.25, 0.3) is 5.91 Å². The second-order valence-corrected chi connectivity index (χ2v) is 8.92. The number of rotatable bonds is 7. The van der Waals surface area contributed by atoms with E-state index in [1.807, 2.05) is 25.1 Å². The van der Waals surface area contributed by atoms with Gasteiger partial charge < -0.3 is 10.2 Å². The lowest BCUT2D eigenvalue weighted by Gasteiger charge is -2.20. The van der Waals surface area contributed by atoms with Gasteiger partial charge in [-0.25, -0.2) is 9.00 Å². The van der Waals surface area contributed by atoms with Crippen LogP contribution in [0.2, 0.25) is 0 Å². The fraction of sp³-hybridized carbons (Fsp3) is 0.476. The first-order chi connectivity index (χ1) is 14.1. The molecule has 0 saturated carbocycles. The van der Waals surface area contributed by atoms with E-state index in [9.17, 15) is 13.8 Å². The summed E-state index contributed by atoms with van der Waals surface area (Å²) in [5, 5.41) is 7.10. The van der Waals surface area contributed by atoms with Crippen molar-refractivity contribution >= 4 is 28.6 Å². The molecule has 2 rings (SSSR count). The summed E-state index contributed by atoms with van der Waals surface area (Å²) < 4.78 is 16.4. The Morgan fingerprint density at radius 3 is 2.23 bits per heavy atom. The van der Waals surface area contributed by atoms with E-state index in [1.165, 1.54) is 15.6 Å². The number of aromatic nitrogens is 2. The fourth-order valence-electron chi connectivity index (χ4n) is 3.04. The van der Waals surface area contributed by atoms with Gasteiger partial charge in [-0.05, 0) is 29.9 Å². The number of nitrogens with one attached hydrogen (secondary N) is 2. The standard InChI is InChI=1S/C21H31N5O3S/c1-8-25(6)20(27)17-12-18(23-26(17)7)30(29)24-21(28)22-19-15(13(2)3)10-9-11-16(19)14(4)5/h9-14H,8H2,1-7H3,(H2,22,24,28). The summed E-state index contributed by atoms with van der Waals surface area (Å²) in [7, 11) is 1.37. The van der Waals surface area contributed by atoms with E-state index in [4.69, 9.17) is 0 Å². The van der Waals surface area contributed by atoms with E-state index >= 15 is 0 Å². The van der Waals surface area contributed by atoms with E-state index in [0.29, 0.717) is 12.2 Å². The van der Waals surface area contributed by atoms with Crippen molar-refractivity contribution in [2.75, 3.05) is 18.9 Å². The highest BCUT2D eigenvalue weighted by atomic mass is 32.2. The van der Waals surface area contributed by atoms with Crippen molar-refractivity contribution in [2.45, 2.75) is 51.5 Å². The minimum atomic E-state index is -1.91. The van der Waals surface area contributed by atoms with Crippen LogP contribution >= 0.6 is 0 Å². The van der Waals surface area contributed by atoms with Gasteiger partial charge in [0.05, 0.1) is 0 Å². The lowest BCUT2D eigenvalue weighted by molar-refractivity contribution is 0.0791. The molecule has 2 aromatic rings. The molecule has 3 amide bonds. The molecule has 0 aliphatic rings. The Morgan fingerprint density at radius 1 is 1.17 bits per heavy atom. The molecule has 0 fully saturated rings. The van der Waals surface area contributed by atoms with Crippen LogP contribution in [0.25, 0.3) is 0 Å². The van der Waals surface area contributed by atoms with E-state index in [2.05, 4.69) is 42.8 Å². The second-order valence-electron chi connectivity index (χ2n) is 7.76. The maximum atomic E-state index is 12.6. The van der Waals surface area contributed by atoms with Crippen LogP contribution in [0.15, 0.2) is 29.3 Å². The SMILES string of the molecule is CCN(C)C(=O)c1cc(S(=O)NC(=O)Nc2c(C(C)C)cccc2C(C)C)nn1C. The smallest absolute Gasteiger partial charge is 0.331 e. The molecule has 0 aliphatic heterocycles. The maximum Gasteiger partial charge on any atom is 0.331 e. The number of aryl methyl sites for hydroxylation is 1. The molecule has 1 atom stereocenters. The van der Waals surface area contributed by atoms with Gasteiger partial charge in [-0.2, -0.15) is 5.10 Å². The van der Waals surface area contributed by atoms with Crippen molar-refractivity contribution in [3.63, 3.8) is 0 Å². The number of urea groups is 1. The van der Waals surface area contributed by atoms with E-state index < -0.39 is 17.0 Å². The largest absolute Gasteiger partial charge is 0.341 e. The monoisotopic (exact) mass is 433 g/mol. The van der Waals surface area contributed by atoms with Crippen LogP contribution in [0.5, 0.6) is 0 Å². The van der Waals surface area contributed by atoms with Crippen LogP contribution in [-0.4, -0.2) is 44.4 Å². The summed E-state index contributed by atoms with van der Waals surface area (Å²) in [5.74, 6) is 0.196. The summed E-state index contributed by atoms with van der Waals surface area (Å²) >= 11 is 0. The molecule has 0 aliphatic carbocycles. The number of para-hydroxylation sites is 1. The number of carbonyl (C=O) groups is 2. The molecule has 164 valence electrons. The van der Waals surface area contributed by atoms with Crippen molar-refractivity contribution < 1.29 is 13.8 Å². The highest BCUT2D eigenvalue weighted by Crippen LogP contribution is 2.32. The number of hydrogen-bond donors (Lipinski definition) is 2. The molecule has 1 heterocycles. The number of hydrogen-bond acceptors (Lipinski definition) is 4. The predicted octanol–water partition coefficient (Wildman–Crippen LogP) is 3.60. The van der Waals surface area contributed by atoms with Gasteiger partial charge in [-0.3, -0.25) is 14.2 Å². The van der Waals surface area contributed by atoms with Crippen LogP contribution in [0, 0.1) is 0 Å². The third-order valence-electron chi connectivity index (χ3n) is 4.88. The Labute approximate surface area is 180 Å². The van der Waals surface area contributed by atoms with Gasteiger partial charge in [-0.1, -0.05) is 45.9 Å². The molecule has 1 aromatic heterocycles. The Bertz CT molecular complexity index is 926. The van der Waals surface area contributed by atoms with Gasteiger partial charge >= 0.3 is 6.03 Å². The van der Waals surface area contributed by atoms with E-state index in [1.54, 1.807) is 14.1 Å². The first-order valence-corrected chi connectivity index (χ1v) is 11.1. The highest BCUT2D eigenvalue weighted by molar-refractivity contribution is 7.83. The molecule has 0 bridgehead atoms. The topological polar surface area (TPSA) is 96.3 Å². The predicted molar refractivity (Wildman–Crippen MR) is 119 cm³/mol. The van der Waals surface area contributed by atoms with Gasteiger partial charge in [-0.15, -0.1) is 0 Å². The summed E-state index contributed by atoms with van der Waals surface area (Å²) in [5.41, 5.74) is 3.06. The molecule has 0 spiro atoms. The van der Waals surface area contributed by atoms with Crippen molar-refractivity contribution in [3.05, 3.63) is 41.1 Å². The zero-order valence-corrected chi connectivity index (χ0v) is 19.5. The average molecular weight is 434 g/mol. The van der Waals surface area contributed by atoms with Crippen molar-refractivity contribution in [1.29, 1.82) is 0 Å². The zero-order valence-electron chi connectivity index (χ0n) is 18.6. The molecule has 1 unspecified atom stereocenters. The first kappa shape index (κ1) is 23.6. The lowest BCUT2D eigenvalue weighted by atomic mass is 9.93. The quantitative estimate of drug-likeness (QED) is 0.697. The lowest BCUT2D eigenvalue weighted by Crippen LogP contribution is -2.31. The highest BCUT2D eigenvalue weighted by Gasteiger charge is 2.21. The summed E-state index contributed by atoms with van der Waals surface area (Å²) in [6.07, 6.45) is 0. The average Bonchev–Trinajstić information content (AvgIpc) is 3.08. The van der Waals surface area contributed by atoms with Crippen LogP contribution < -0.4 is 10.0 Å². The molecule has 30 heavy (non-hydrogen) atoms. The summed E-state index contributed by atoms with van der Waals surface area (Å²) in [6.45, 7) is 10.6. The van der Waals surface area contributed by atoms with Crippen molar-refractivity contribution in [1.82, 2.24) is 19.4 Å². The third-order valence-corrected chi connectivity index (χ3v) is 5.83. The second kappa shape index (κ2) is 9.88. The minimum Gasteiger partial charge on any atom is -0.341 e. The number of nitrogens with zero attached hydrogens (tertiary/aromatic N) is 3. The number of anilines is 1. The van der Waals surface area contributed by atoms with Gasteiger partial charge in [0.1, 0.15) is 5.69 Å². The van der Waals surface area contributed by atoms with Crippen LogP contribution in [0.3, 0.4) is 0 Å². The van der Waals surface area contributed by atoms with Crippen molar-refractivity contribution in [2.24, 2.45) is 7.05 Å². The summed E-state index contributed by atoms with van der Waals surface area (Å²) in [4.78, 5) is 26.5. The number of amides is 3. The molecule has 8 nitrogen and oxygen atoms in total. The number of carbonyl (C=O) groups excluding carboxylic acids is 2. The summed E-state index contributed by atoms with van der Waals surface area (Å²) in [6, 6.07) is 6.78. The van der Waals surface area contributed by atoms with Gasteiger partial charge in [0, 0.05) is 32.4 Å². The molecule has 0 radical (unpaired) electrons. The van der Waals surface area contributed by atoms with E-state index in [0.717, 1.165) is 16.8 Å². The maximum absolute atomic E-state index is 12.6. The zero-order chi connectivity index (χ0) is 22.6. The molecule has 9 heteroatoms. The van der Waals surface area contributed by atoms with Crippen LogP contribution in [0.1, 0.15) is 68.1 Å². The molecule has 0 saturated heterocycles. The normalized spacial score (nSPS) is 12.2. The Kier molecular flexibility index (Phi) is 7.77. The Balaban J connectivity index is 2.21. The van der Waals surface area contributed by atoms with Gasteiger partial charge in [0.2, 0.25) is 0 Å². The molecular weight excluding hydrogens is 402 g/mol.